The molecule has 8 nitrogen and oxygen atoms in total. The smallest absolute Gasteiger partial charge is 0.222 e. The van der Waals surface area contributed by atoms with E-state index in [2.05, 4.69) is 77.1 Å². The Bertz CT molecular complexity index is 2510. The van der Waals surface area contributed by atoms with E-state index >= 15 is 0 Å². The quantitative estimate of drug-likeness (QED) is 0.144. The van der Waals surface area contributed by atoms with Crippen LogP contribution in [0, 0.1) is 13.8 Å². The number of amides is 2. The van der Waals surface area contributed by atoms with Gasteiger partial charge in [0.1, 0.15) is 0 Å². The Morgan fingerprint density at radius 3 is 1.80 bits per heavy atom. The lowest BCUT2D eigenvalue weighted by molar-refractivity contribution is -0.115. The van der Waals surface area contributed by atoms with Gasteiger partial charge in [-0.25, -0.2) is 19.9 Å². The predicted octanol–water partition coefficient (Wildman–Crippen LogP) is 9.93. The molecule has 0 saturated heterocycles. The average molecular weight is 711 g/mol. The zero-order chi connectivity index (χ0) is 38.2. The molecule has 8 heteroatoms. The molecule has 5 aromatic carbocycles. The van der Waals surface area contributed by atoms with Crippen LogP contribution in [0.15, 0.2) is 122 Å². The van der Waals surface area contributed by atoms with Crippen LogP contribution >= 0.6 is 0 Å². The SMILES string of the molecule is C=Cc1cc(C)ccc1-c1nc(Cc2ccccc2)c(NC(C)=O)nc1C=C.CC(=O)Nc1nc2ccc3cc(C)ccc3c2nc1Cc1ccccc1. The minimum absolute atomic E-state index is 0.149. The van der Waals surface area contributed by atoms with E-state index in [-0.39, 0.29) is 11.8 Å². The van der Waals surface area contributed by atoms with Crippen molar-refractivity contribution in [1.82, 2.24) is 19.9 Å². The molecule has 2 heterocycles. The number of aromatic nitrogens is 4. The number of fused-ring (bicyclic) bond motifs is 3. The van der Waals surface area contributed by atoms with E-state index in [1.54, 1.807) is 6.08 Å². The third-order valence-corrected chi connectivity index (χ3v) is 8.77. The van der Waals surface area contributed by atoms with Crippen LogP contribution in [-0.2, 0) is 22.4 Å². The maximum Gasteiger partial charge on any atom is 0.222 e. The lowest BCUT2D eigenvalue weighted by atomic mass is 9.99. The molecule has 0 fully saturated rings. The zero-order valence-electron chi connectivity index (χ0n) is 31.0. The number of nitrogens with one attached hydrogen (secondary N) is 2. The van der Waals surface area contributed by atoms with E-state index in [4.69, 9.17) is 9.97 Å². The van der Waals surface area contributed by atoms with Gasteiger partial charge in [0, 0.05) is 37.6 Å². The number of hydrogen-bond acceptors (Lipinski definition) is 6. The number of anilines is 2. The van der Waals surface area contributed by atoms with E-state index in [9.17, 15) is 9.59 Å². The summed E-state index contributed by atoms with van der Waals surface area (Å²) in [6.07, 6.45) is 4.65. The van der Waals surface area contributed by atoms with Crippen molar-refractivity contribution >= 4 is 57.4 Å². The van der Waals surface area contributed by atoms with Gasteiger partial charge in [0.2, 0.25) is 11.8 Å². The summed E-state index contributed by atoms with van der Waals surface area (Å²) in [5.41, 5.74) is 11.0. The fourth-order valence-corrected chi connectivity index (χ4v) is 6.25. The monoisotopic (exact) mass is 710 g/mol. The Labute approximate surface area is 315 Å². The van der Waals surface area contributed by atoms with Gasteiger partial charge >= 0.3 is 0 Å². The van der Waals surface area contributed by atoms with Crippen LogP contribution in [-0.4, -0.2) is 31.8 Å². The molecule has 0 radical (unpaired) electrons. The number of rotatable bonds is 9. The lowest BCUT2D eigenvalue weighted by Crippen LogP contribution is -2.13. The molecule has 0 spiro atoms. The highest BCUT2D eigenvalue weighted by molar-refractivity contribution is 6.05. The molecular weight excluding hydrogens is 669 g/mol. The molecule has 2 aromatic heterocycles. The van der Waals surface area contributed by atoms with Gasteiger partial charge in [-0.3, -0.25) is 9.59 Å². The Hall–Kier alpha value is -6.80. The number of hydrogen-bond donors (Lipinski definition) is 2. The average Bonchev–Trinajstić information content (AvgIpc) is 3.16. The molecular formula is C46H42N6O2. The molecule has 2 N–H and O–H groups in total. The van der Waals surface area contributed by atoms with E-state index in [1.807, 2.05) is 85.8 Å². The van der Waals surface area contributed by atoms with Crippen molar-refractivity contribution in [2.24, 2.45) is 0 Å². The highest BCUT2D eigenvalue weighted by Gasteiger charge is 2.17. The first-order valence-electron chi connectivity index (χ1n) is 17.7. The summed E-state index contributed by atoms with van der Waals surface area (Å²) >= 11 is 0. The number of carbonyl (C=O) groups is 2. The topological polar surface area (TPSA) is 110 Å². The Kier molecular flexibility index (Phi) is 11.4. The van der Waals surface area contributed by atoms with Crippen LogP contribution in [0.5, 0.6) is 0 Å². The number of aryl methyl sites for hydroxylation is 2. The maximum atomic E-state index is 11.7. The minimum atomic E-state index is -0.187. The van der Waals surface area contributed by atoms with Crippen molar-refractivity contribution in [3.63, 3.8) is 0 Å². The largest absolute Gasteiger partial charge is 0.309 e. The molecule has 268 valence electrons. The van der Waals surface area contributed by atoms with E-state index in [0.717, 1.165) is 61.0 Å². The molecule has 7 rings (SSSR count). The van der Waals surface area contributed by atoms with Gasteiger partial charge in [-0.15, -0.1) is 0 Å². The summed E-state index contributed by atoms with van der Waals surface area (Å²) in [5, 5.41) is 7.85. The first-order chi connectivity index (χ1) is 26.1. The lowest BCUT2D eigenvalue weighted by Gasteiger charge is -2.15. The fourth-order valence-electron chi connectivity index (χ4n) is 6.25. The molecule has 0 aliphatic heterocycles. The van der Waals surface area contributed by atoms with Crippen molar-refractivity contribution in [3.8, 4) is 11.3 Å². The second kappa shape index (κ2) is 16.7. The molecule has 7 aromatic rings. The molecule has 0 unspecified atom stereocenters. The van der Waals surface area contributed by atoms with Crippen molar-refractivity contribution in [3.05, 3.63) is 167 Å². The molecule has 54 heavy (non-hydrogen) atoms. The van der Waals surface area contributed by atoms with Gasteiger partial charge in [-0.2, -0.15) is 0 Å². The molecule has 2 amide bonds. The first-order valence-corrected chi connectivity index (χ1v) is 17.7. The van der Waals surface area contributed by atoms with Gasteiger partial charge < -0.3 is 10.6 Å². The Morgan fingerprint density at radius 2 is 1.20 bits per heavy atom. The summed E-state index contributed by atoms with van der Waals surface area (Å²) in [5.74, 6) is 0.653. The number of benzene rings is 5. The van der Waals surface area contributed by atoms with Crippen LogP contribution in [0.25, 0.3) is 45.2 Å². The van der Waals surface area contributed by atoms with Crippen LogP contribution in [0.2, 0.25) is 0 Å². The molecule has 0 aliphatic carbocycles. The van der Waals surface area contributed by atoms with Gasteiger partial charge in [0.15, 0.2) is 11.6 Å². The third-order valence-electron chi connectivity index (χ3n) is 8.77. The standard InChI is InChI=1S/C24H23N3O.C22H19N3O/c1-5-19-14-16(3)12-13-20(19)23-21(6-2)27-24(25-17(4)28)22(26-23)15-18-10-8-7-9-11-18;1-14-8-10-18-17(12-14)9-11-19-21(18)24-20(22(25-19)23-15(2)26)13-16-6-4-3-5-7-16/h5-14H,1-2,15H2,3-4H3,(H,25,27,28);3-12H,13H2,1-2H3,(H,23,25,26). The van der Waals surface area contributed by atoms with Gasteiger partial charge in [0.05, 0.1) is 33.8 Å². The Balaban J connectivity index is 0.000000185. The van der Waals surface area contributed by atoms with Gasteiger partial charge in [-0.1, -0.05) is 133 Å². The normalized spacial score (nSPS) is 10.7. The van der Waals surface area contributed by atoms with Gasteiger partial charge in [0.25, 0.3) is 0 Å². The van der Waals surface area contributed by atoms with Crippen LogP contribution in [0.1, 0.15) is 58.7 Å². The number of carbonyl (C=O) groups excluding carboxylic acids is 2. The third kappa shape index (κ3) is 8.80. The molecule has 0 bridgehead atoms. The number of nitrogens with zero attached hydrogens (tertiary/aromatic N) is 4. The minimum Gasteiger partial charge on any atom is -0.309 e. The highest BCUT2D eigenvalue weighted by atomic mass is 16.2. The van der Waals surface area contributed by atoms with Crippen LogP contribution in [0.3, 0.4) is 0 Å². The second-order valence-corrected chi connectivity index (χ2v) is 13.1. The van der Waals surface area contributed by atoms with E-state index in [0.29, 0.717) is 35.9 Å². The summed E-state index contributed by atoms with van der Waals surface area (Å²) in [6, 6.07) is 36.5. The fraction of sp³-hybridized carbons (Fsp3) is 0.130. The summed E-state index contributed by atoms with van der Waals surface area (Å²) < 4.78 is 0. The van der Waals surface area contributed by atoms with Crippen molar-refractivity contribution in [1.29, 1.82) is 0 Å². The molecule has 0 aliphatic rings. The molecule has 0 saturated carbocycles. The van der Waals surface area contributed by atoms with Crippen molar-refractivity contribution < 1.29 is 9.59 Å². The van der Waals surface area contributed by atoms with Gasteiger partial charge in [-0.05, 0) is 48.1 Å². The second-order valence-electron chi connectivity index (χ2n) is 13.1. The van der Waals surface area contributed by atoms with Crippen LogP contribution < -0.4 is 10.6 Å². The summed E-state index contributed by atoms with van der Waals surface area (Å²) in [4.78, 5) is 42.5. The molecule has 0 atom stereocenters. The van der Waals surface area contributed by atoms with Crippen LogP contribution in [0.4, 0.5) is 11.6 Å². The zero-order valence-corrected chi connectivity index (χ0v) is 31.0. The van der Waals surface area contributed by atoms with Crippen molar-refractivity contribution in [2.75, 3.05) is 10.6 Å². The maximum absolute atomic E-state index is 11.7. The van der Waals surface area contributed by atoms with Crippen molar-refractivity contribution in [2.45, 2.75) is 40.5 Å². The summed E-state index contributed by atoms with van der Waals surface area (Å²) in [7, 11) is 0. The summed E-state index contributed by atoms with van der Waals surface area (Å²) in [6.45, 7) is 14.9. The predicted molar refractivity (Wildman–Crippen MR) is 221 cm³/mol. The first kappa shape index (κ1) is 37.0. The highest BCUT2D eigenvalue weighted by Crippen LogP contribution is 2.31. The van der Waals surface area contributed by atoms with E-state index < -0.39 is 0 Å². The van der Waals surface area contributed by atoms with E-state index in [1.165, 1.54) is 19.4 Å². The Morgan fingerprint density at radius 1 is 0.630 bits per heavy atom.